The first-order chi connectivity index (χ1) is 12.6. The fourth-order valence-corrected chi connectivity index (χ4v) is 2.61. The largest absolute Gasteiger partial charge is 0.335 e. The highest BCUT2D eigenvalue weighted by atomic mass is 16.2. The van der Waals surface area contributed by atoms with Crippen LogP contribution in [-0.2, 0) is 16.0 Å². The van der Waals surface area contributed by atoms with Crippen LogP contribution in [-0.4, -0.2) is 17.8 Å². The summed E-state index contributed by atoms with van der Waals surface area (Å²) in [6.45, 7) is 2.02. The van der Waals surface area contributed by atoms with E-state index in [1.165, 1.54) is 6.08 Å². The minimum absolute atomic E-state index is 0.0867. The number of anilines is 1. The van der Waals surface area contributed by atoms with E-state index >= 15 is 0 Å². The number of barbiturate groups is 1. The average molecular weight is 346 g/mol. The molecule has 1 saturated heterocycles. The van der Waals surface area contributed by atoms with Crippen LogP contribution in [0.1, 0.15) is 18.1 Å². The zero-order chi connectivity index (χ0) is 18.5. The molecule has 2 aromatic rings. The molecule has 0 spiro atoms. The molecule has 1 fully saturated rings. The lowest BCUT2D eigenvalue weighted by Crippen LogP contribution is -2.54. The lowest BCUT2D eigenvalue weighted by atomic mass is 10.1. The van der Waals surface area contributed by atoms with Crippen LogP contribution in [0.2, 0.25) is 0 Å². The highest BCUT2D eigenvalue weighted by molar-refractivity contribution is 6.37. The Balaban J connectivity index is 1.87. The van der Waals surface area contributed by atoms with E-state index in [2.05, 4.69) is 5.32 Å². The summed E-state index contributed by atoms with van der Waals surface area (Å²) < 4.78 is 0. The maximum absolute atomic E-state index is 12.7. The van der Waals surface area contributed by atoms with E-state index in [0.29, 0.717) is 5.69 Å². The van der Waals surface area contributed by atoms with E-state index in [9.17, 15) is 14.4 Å². The topological polar surface area (TPSA) is 66.5 Å². The van der Waals surface area contributed by atoms with E-state index in [0.717, 1.165) is 22.4 Å². The molecule has 2 aromatic carbocycles. The summed E-state index contributed by atoms with van der Waals surface area (Å²) in [5, 5.41) is 2.21. The summed E-state index contributed by atoms with van der Waals surface area (Å²) in [4.78, 5) is 37.9. The fraction of sp³-hybridized carbons (Fsp3) is 0.0952. The molecule has 4 amide bonds. The molecule has 3 rings (SSSR count). The number of aryl methyl sites for hydroxylation is 1. The molecule has 0 unspecified atom stereocenters. The van der Waals surface area contributed by atoms with Crippen molar-refractivity contribution in [2.75, 3.05) is 4.90 Å². The number of urea groups is 1. The Morgan fingerprint density at radius 3 is 2.31 bits per heavy atom. The number of allylic oxidation sites excluding steroid dienone is 2. The Morgan fingerprint density at radius 1 is 0.962 bits per heavy atom. The van der Waals surface area contributed by atoms with E-state index in [4.69, 9.17) is 0 Å². The number of imide groups is 2. The minimum atomic E-state index is -0.742. The van der Waals surface area contributed by atoms with Crippen molar-refractivity contribution in [1.29, 1.82) is 0 Å². The van der Waals surface area contributed by atoms with Crippen LogP contribution in [0.3, 0.4) is 0 Å². The van der Waals surface area contributed by atoms with Gasteiger partial charge in [0.2, 0.25) is 0 Å². The third kappa shape index (κ3) is 3.62. The molecule has 1 heterocycles. The summed E-state index contributed by atoms with van der Waals surface area (Å²) in [5.41, 5.74) is 2.37. The summed E-state index contributed by atoms with van der Waals surface area (Å²) in [5.74, 6) is -1.33. The molecule has 26 heavy (non-hydrogen) atoms. The monoisotopic (exact) mass is 346 g/mol. The Labute approximate surface area is 151 Å². The van der Waals surface area contributed by atoms with Crippen LogP contribution < -0.4 is 10.2 Å². The number of benzene rings is 2. The lowest BCUT2D eigenvalue weighted by molar-refractivity contribution is -0.122. The standard InChI is InChI=1S/C21H18N2O3/c1-2-15-11-13-17(14-12-15)23-20(25)18(19(24)22-21(23)26)10-6-9-16-7-4-3-5-8-16/h3-14H,2H2,1H3,(H,22,24,26)/b9-6+,18-10+. The molecule has 5 heteroatoms. The quantitative estimate of drug-likeness (QED) is 0.681. The van der Waals surface area contributed by atoms with Crippen LogP contribution in [0.15, 0.2) is 72.3 Å². The number of rotatable bonds is 4. The summed E-state index contributed by atoms with van der Waals surface area (Å²) >= 11 is 0. The Bertz CT molecular complexity index is 897. The van der Waals surface area contributed by atoms with Gasteiger partial charge in [0.1, 0.15) is 5.57 Å². The van der Waals surface area contributed by atoms with E-state index < -0.39 is 17.8 Å². The lowest BCUT2D eigenvalue weighted by Gasteiger charge is -2.26. The molecular formula is C21H18N2O3. The van der Waals surface area contributed by atoms with Crippen LogP contribution >= 0.6 is 0 Å². The fourth-order valence-electron chi connectivity index (χ4n) is 2.61. The number of nitrogens with one attached hydrogen (secondary N) is 1. The highest BCUT2D eigenvalue weighted by Crippen LogP contribution is 2.21. The first-order valence-electron chi connectivity index (χ1n) is 8.32. The molecule has 0 aliphatic carbocycles. The maximum Gasteiger partial charge on any atom is 0.335 e. The van der Waals surface area contributed by atoms with Crippen molar-refractivity contribution in [3.05, 3.63) is 83.4 Å². The van der Waals surface area contributed by atoms with E-state index in [1.807, 2.05) is 49.4 Å². The first-order valence-corrected chi connectivity index (χ1v) is 8.32. The number of nitrogens with zero attached hydrogens (tertiary/aromatic N) is 1. The van der Waals surface area contributed by atoms with Gasteiger partial charge in [-0.15, -0.1) is 0 Å². The Hall–Kier alpha value is -3.47. The van der Waals surface area contributed by atoms with Crippen molar-refractivity contribution in [3.8, 4) is 0 Å². The van der Waals surface area contributed by atoms with Gasteiger partial charge in [0.05, 0.1) is 5.69 Å². The van der Waals surface area contributed by atoms with Gasteiger partial charge in [-0.2, -0.15) is 0 Å². The zero-order valence-corrected chi connectivity index (χ0v) is 14.3. The number of carbonyl (C=O) groups excluding carboxylic acids is 3. The molecule has 0 atom stereocenters. The average Bonchev–Trinajstić information content (AvgIpc) is 2.65. The number of amides is 4. The molecular weight excluding hydrogens is 328 g/mol. The van der Waals surface area contributed by atoms with Crippen molar-refractivity contribution >= 4 is 29.6 Å². The van der Waals surface area contributed by atoms with Gasteiger partial charge >= 0.3 is 6.03 Å². The zero-order valence-electron chi connectivity index (χ0n) is 14.3. The molecule has 0 aromatic heterocycles. The number of hydrogen-bond donors (Lipinski definition) is 1. The van der Waals surface area contributed by atoms with Gasteiger partial charge in [-0.3, -0.25) is 14.9 Å². The van der Waals surface area contributed by atoms with Gasteiger partial charge in [0.15, 0.2) is 0 Å². The van der Waals surface area contributed by atoms with Crippen LogP contribution in [0.25, 0.3) is 6.08 Å². The second-order valence-corrected chi connectivity index (χ2v) is 5.77. The Morgan fingerprint density at radius 2 is 1.65 bits per heavy atom. The van der Waals surface area contributed by atoms with Crippen molar-refractivity contribution in [1.82, 2.24) is 5.32 Å². The summed E-state index contributed by atoms with van der Waals surface area (Å²) in [7, 11) is 0. The van der Waals surface area contributed by atoms with E-state index in [1.54, 1.807) is 24.3 Å². The minimum Gasteiger partial charge on any atom is -0.273 e. The normalized spacial score (nSPS) is 16.4. The molecule has 1 aliphatic rings. The van der Waals surface area contributed by atoms with Gasteiger partial charge < -0.3 is 0 Å². The van der Waals surface area contributed by atoms with Crippen LogP contribution in [0, 0.1) is 0 Å². The van der Waals surface area contributed by atoms with Crippen molar-refractivity contribution in [3.63, 3.8) is 0 Å². The maximum atomic E-state index is 12.7. The number of hydrogen-bond acceptors (Lipinski definition) is 3. The Kier molecular flexibility index (Phi) is 5.08. The van der Waals surface area contributed by atoms with Crippen LogP contribution in [0.5, 0.6) is 0 Å². The molecule has 130 valence electrons. The van der Waals surface area contributed by atoms with Crippen molar-refractivity contribution < 1.29 is 14.4 Å². The third-order valence-corrected chi connectivity index (χ3v) is 4.06. The summed E-state index contributed by atoms with van der Waals surface area (Å²) in [6, 6.07) is 15.9. The predicted molar refractivity (Wildman–Crippen MR) is 100 cm³/mol. The second kappa shape index (κ2) is 7.61. The summed E-state index contributed by atoms with van der Waals surface area (Å²) in [6.07, 6.45) is 5.68. The van der Waals surface area contributed by atoms with Gasteiger partial charge in [0.25, 0.3) is 11.8 Å². The van der Waals surface area contributed by atoms with Gasteiger partial charge in [-0.1, -0.05) is 61.5 Å². The molecule has 0 radical (unpaired) electrons. The predicted octanol–water partition coefficient (Wildman–Crippen LogP) is 3.47. The molecule has 0 saturated carbocycles. The molecule has 5 nitrogen and oxygen atoms in total. The van der Waals surface area contributed by atoms with Crippen molar-refractivity contribution in [2.24, 2.45) is 0 Å². The van der Waals surface area contributed by atoms with Gasteiger partial charge in [-0.25, -0.2) is 9.69 Å². The molecule has 0 bridgehead atoms. The SMILES string of the molecule is CCc1ccc(N2C(=O)NC(=O)/C(=C\C=C\c3ccccc3)C2=O)cc1. The molecule has 1 N–H and O–H groups in total. The van der Waals surface area contributed by atoms with Gasteiger partial charge in [0, 0.05) is 0 Å². The van der Waals surface area contributed by atoms with E-state index in [-0.39, 0.29) is 5.57 Å². The third-order valence-electron chi connectivity index (χ3n) is 4.06. The first kappa shape index (κ1) is 17.4. The second-order valence-electron chi connectivity index (χ2n) is 5.77. The highest BCUT2D eigenvalue weighted by Gasteiger charge is 2.36. The van der Waals surface area contributed by atoms with Crippen LogP contribution in [0.4, 0.5) is 10.5 Å². The van der Waals surface area contributed by atoms with Gasteiger partial charge in [-0.05, 0) is 35.8 Å². The molecule has 1 aliphatic heterocycles. The smallest absolute Gasteiger partial charge is 0.273 e. The number of carbonyl (C=O) groups is 3. The van der Waals surface area contributed by atoms with Crippen molar-refractivity contribution in [2.45, 2.75) is 13.3 Å².